The molecule has 0 aliphatic carbocycles. The second-order valence-electron chi connectivity index (χ2n) is 3.91. The fourth-order valence-corrected chi connectivity index (χ4v) is 2.38. The van der Waals surface area contributed by atoms with Gasteiger partial charge in [0, 0.05) is 9.80 Å². The van der Waals surface area contributed by atoms with Crippen molar-refractivity contribution in [1.82, 2.24) is 0 Å². The summed E-state index contributed by atoms with van der Waals surface area (Å²) in [6.07, 6.45) is 0. The van der Waals surface area contributed by atoms with Gasteiger partial charge in [-0.05, 0) is 48.4 Å². The van der Waals surface area contributed by atoms with Crippen LogP contribution in [0.2, 0.25) is 0 Å². The molecular weight excluding hydrogens is 363 g/mol. The van der Waals surface area contributed by atoms with E-state index < -0.39 is 0 Å². The van der Waals surface area contributed by atoms with E-state index >= 15 is 0 Å². The summed E-state index contributed by atoms with van der Waals surface area (Å²) < 4.78 is 20.3. The van der Waals surface area contributed by atoms with Gasteiger partial charge in [0.25, 0.3) is 0 Å². The van der Waals surface area contributed by atoms with Crippen LogP contribution in [0.15, 0.2) is 40.9 Å². The first-order chi connectivity index (χ1) is 8.60. The molecule has 0 aliphatic heterocycles. The fourth-order valence-electron chi connectivity index (χ4n) is 1.56. The number of alkyl halides is 1. The Labute approximate surface area is 122 Å². The van der Waals surface area contributed by atoms with Crippen LogP contribution in [0.3, 0.4) is 0 Å². The summed E-state index contributed by atoms with van der Waals surface area (Å²) in [6.45, 7) is 1.92. The van der Waals surface area contributed by atoms with Gasteiger partial charge in [-0.1, -0.05) is 37.9 Å². The molecule has 0 saturated carbocycles. The maximum Gasteiger partial charge on any atom is 0.166 e. The molecule has 2 rings (SSSR count). The topological polar surface area (TPSA) is 9.23 Å². The predicted molar refractivity (Wildman–Crippen MR) is 78.0 cm³/mol. The average Bonchev–Trinajstić information content (AvgIpc) is 2.34. The molecule has 0 aromatic heterocycles. The zero-order chi connectivity index (χ0) is 13.1. The number of benzene rings is 2. The van der Waals surface area contributed by atoms with E-state index in [0.29, 0.717) is 11.1 Å². The van der Waals surface area contributed by atoms with Gasteiger partial charge in [-0.25, -0.2) is 4.39 Å². The van der Waals surface area contributed by atoms with E-state index in [4.69, 9.17) is 4.74 Å². The minimum atomic E-state index is -0.353. The van der Waals surface area contributed by atoms with Gasteiger partial charge in [-0.3, -0.25) is 0 Å². The van der Waals surface area contributed by atoms with Crippen molar-refractivity contribution < 1.29 is 9.13 Å². The smallest absolute Gasteiger partial charge is 0.166 e. The van der Waals surface area contributed by atoms with E-state index in [9.17, 15) is 4.39 Å². The molecule has 0 aliphatic rings. The minimum Gasteiger partial charge on any atom is -0.454 e. The van der Waals surface area contributed by atoms with Crippen molar-refractivity contribution in [2.24, 2.45) is 0 Å². The standard InChI is InChI=1S/C14H11Br2FO/c1-9-6-11(16)3-5-13(9)18-14-4-2-10(8-15)7-12(14)17/h2-7H,8H2,1H3. The summed E-state index contributed by atoms with van der Waals surface area (Å²) in [7, 11) is 0. The third-order valence-electron chi connectivity index (χ3n) is 2.51. The molecule has 4 heteroatoms. The van der Waals surface area contributed by atoms with Gasteiger partial charge in [-0.15, -0.1) is 0 Å². The van der Waals surface area contributed by atoms with Crippen molar-refractivity contribution >= 4 is 31.9 Å². The zero-order valence-electron chi connectivity index (χ0n) is 9.71. The molecule has 2 aromatic rings. The summed E-state index contributed by atoms with van der Waals surface area (Å²) in [6, 6.07) is 10.6. The van der Waals surface area contributed by atoms with Gasteiger partial charge in [-0.2, -0.15) is 0 Å². The number of ether oxygens (including phenoxy) is 1. The van der Waals surface area contributed by atoms with E-state index in [1.165, 1.54) is 6.07 Å². The predicted octanol–water partition coefficient (Wildman–Crippen LogP) is 5.58. The number of aryl methyl sites for hydroxylation is 1. The van der Waals surface area contributed by atoms with Crippen LogP contribution in [0.5, 0.6) is 11.5 Å². The third-order valence-corrected chi connectivity index (χ3v) is 3.65. The Morgan fingerprint density at radius 3 is 2.44 bits per heavy atom. The molecule has 0 fully saturated rings. The van der Waals surface area contributed by atoms with Crippen molar-refractivity contribution in [3.05, 3.63) is 57.8 Å². The first-order valence-corrected chi connectivity index (χ1v) is 7.30. The Balaban J connectivity index is 2.28. The highest BCUT2D eigenvalue weighted by Gasteiger charge is 2.07. The molecule has 1 nitrogen and oxygen atoms in total. The average molecular weight is 374 g/mol. The molecule has 0 N–H and O–H groups in total. The third kappa shape index (κ3) is 3.12. The Morgan fingerprint density at radius 2 is 1.83 bits per heavy atom. The van der Waals surface area contributed by atoms with Crippen molar-refractivity contribution in [1.29, 1.82) is 0 Å². The molecular formula is C14H11Br2FO. The van der Waals surface area contributed by atoms with Crippen LogP contribution in [0.4, 0.5) is 4.39 Å². The summed E-state index contributed by atoms with van der Waals surface area (Å²) in [4.78, 5) is 0. The molecule has 0 atom stereocenters. The van der Waals surface area contributed by atoms with Gasteiger partial charge in [0.1, 0.15) is 5.75 Å². The molecule has 94 valence electrons. The lowest BCUT2D eigenvalue weighted by atomic mass is 10.2. The van der Waals surface area contributed by atoms with Gasteiger partial charge in [0.15, 0.2) is 11.6 Å². The van der Waals surface area contributed by atoms with Crippen LogP contribution in [0, 0.1) is 12.7 Å². The van der Waals surface area contributed by atoms with E-state index in [2.05, 4.69) is 31.9 Å². The van der Waals surface area contributed by atoms with Crippen molar-refractivity contribution in [2.45, 2.75) is 12.3 Å². The molecule has 0 radical (unpaired) electrons. The van der Waals surface area contributed by atoms with E-state index in [1.54, 1.807) is 6.07 Å². The molecule has 0 amide bonds. The maximum atomic E-state index is 13.8. The maximum absolute atomic E-state index is 13.8. The first-order valence-electron chi connectivity index (χ1n) is 5.38. The Bertz CT molecular complexity index is 570. The largest absolute Gasteiger partial charge is 0.454 e. The Hall–Kier alpha value is -0.870. The van der Waals surface area contributed by atoms with Crippen LogP contribution < -0.4 is 4.74 Å². The molecule has 0 spiro atoms. The highest BCUT2D eigenvalue weighted by Crippen LogP contribution is 2.29. The van der Waals surface area contributed by atoms with Crippen LogP contribution in [0.1, 0.15) is 11.1 Å². The molecule has 0 heterocycles. The second-order valence-corrected chi connectivity index (χ2v) is 5.39. The van der Waals surface area contributed by atoms with E-state index in [-0.39, 0.29) is 11.6 Å². The lowest BCUT2D eigenvalue weighted by molar-refractivity contribution is 0.439. The molecule has 0 saturated heterocycles. The summed E-state index contributed by atoms with van der Waals surface area (Å²) in [5.74, 6) is 0.545. The number of rotatable bonds is 3. The lowest BCUT2D eigenvalue weighted by Crippen LogP contribution is -1.92. The van der Waals surface area contributed by atoms with Gasteiger partial charge in [0.05, 0.1) is 0 Å². The monoisotopic (exact) mass is 372 g/mol. The number of hydrogen-bond donors (Lipinski definition) is 0. The molecule has 0 unspecified atom stereocenters. The van der Waals surface area contributed by atoms with Crippen molar-refractivity contribution in [2.75, 3.05) is 0 Å². The first kappa shape index (κ1) is 13.6. The quantitative estimate of drug-likeness (QED) is 0.637. The summed E-state index contributed by atoms with van der Waals surface area (Å²) in [5, 5.41) is 0.626. The van der Waals surface area contributed by atoms with Crippen LogP contribution in [-0.2, 0) is 5.33 Å². The minimum absolute atomic E-state index is 0.241. The molecule has 0 bridgehead atoms. The van der Waals surface area contributed by atoms with Gasteiger partial charge >= 0.3 is 0 Å². The van der Waals surface area contributed by atoms with Gasteiger partial charge in [0.2, 0.25) is 0 Å². The lowest BCUT2D eigenvalue weighted by Gasteiger charge is -2.10. The zero-order valence-corrected chi connectivity index (χ0v) is 12.9. The van der Waals surface area contributed by atoms with E-state index in [0.717, 1.165) is 15.6 Å². The van der Waals surface area contributed by atoms with Crippen LogP contribution in [-0.4, -0.2) is 0 Å². The second kappa shape index (κ2) is 5.85. The van der Waals surface area contributed by atoms with Crippen molar-refractivity contribution in [3.63, 3.8) is 0 Å². The number of halogens is 3. The highest BCUT2D eigenvalue weighted by atomic mass is 79.9. The van der Waals surface area contributed by atoms with E-state index in [1.807, 2.05) is 31.2 Å². The normalized spacial score (nSPS) is 10.4. The summed E-state index contributed by atoms with van der Waals surface area (Å²) >= 11 is 6.67. The molecule has 2 aromatic carbocycles. The Morgan fingerprint density at radius 1 is 1.11 bits per heavy atom. The fraction of sp³-hybridized carbons (Fsp3) is 0.143. The Kier molecular flexibility index (Phi) is 4.40. The molecule has 18 heavy (non-hydrogen) atoms. The van der Waals surface area contributed by atoms with Gasteiger partial charge < -0.3 is 4.74 Å². The number of hydrogen-bond acceptors (Lipinski definition) is 1. The van der Waals surface area contributed by atoms with Crippen LogP contribution >= 0.6 is 31.9 Å². The summed E-state index contributed by atoms with van der Waals surface area (Å²) in [5.41, 5.74) is 1.83. The SMILES string of the molecule is Cc1cc(Br)ccc1Oc1ccc(CBr)cc1F. The van der Waals surface area contributed by atoms with Crippen molar-refractivity contribution in [3.8, 4) is 11.5 Å². The highest BCUT2D eigenvalue weighted by molar-refractivity contribution is 9.10. The van der Waals surface area contributed by atoms with Crippen LogP contribution in [0.25, 0.3) is 0 Å².